The highest BCUT2D eigenvalue weighted by molar-refractivity contribution is 7.88. The fourth-order valence-corrected chi connectivity index (χ4v) is 4.74. The maximum atomic E-state index is 11.5. The lowest BCUT2D eigenvalue weighted by atomic mass is 9.98. The summed E-state index contributed by atoms with van der Waals surface area (Å²) >= 11 is 0. The summed E-state index contributed by atoms with van der Waals surface area (Å²) in [5.41, 5.74) is 1.40. The molecule has 4 unspecified atom stereocenters. The van der Waals surface area contributed by atoms with Crippen LogP contribution in [0.5, 0.6) is 0 Å². The summed E-state index contributed by atoms with van der Waals surface area (Å²) in [7, 11) is -3.18. The lowest BCUT2D eigenvalue weighted by molar-refractivity contribution is 0.0321. The first kappa shape index (κ1) is 17.9. The molecule has 0 aromatic heterocycles. The van der Waals surface area contributed by atoms with Gasteiger partial charge in [0.1, 0.15) is 0 Å². The monoisotopic (exact) mass is 352 g/mol. The molecular formula is C18H28N2O3S. The average Bonchev–Trinajstić information content (AvgIpc) is 3.02. The van der Waals surface area contributed by atoms with Crippen LogP contribution in [0.2, 0.25) is 0 Å². The van der Waals surface area contributed by atoms with Gasteiger partial charge >= 0.3 is 0 Å². The number of ether oxygens (including phenoxy) is 1. The van der Waals surface area contributed by atoms with Gasteiger partial charge in [0.05, 0.1) is 19.0 Å². The zero-order valence-corrected chi connectivity index (χ0v) is 15.1. The Morgan fingerprint density at radius 3 is 2.75 bits per heavy atom. The maximum Gasteiger partial charge on any atom is 0.209 e. The van der Waals surface area contributed by atoms with Crippen LogP contribution in [-0.2, 0) is 14.8 Å². The van der Waals surface area contributed by atoms with Crippen LogP contribution in [0.1, 0.15) is 43.6 Å². The van der Waals surface area contributed by atoms with E-state index < -0.39 is 10.0 Å². The summed E-state index contributed by atoms with van der Waals surface area (Å²) in [4.78, 5) is 0. The van der Waals surface area contributed by atoms with Gasteiger partial charge in [0, 0.05) is 12.1 Å². The second-order valence-electron chi connectivity index (χ2n) is 7.08. The van der Waals surface area contributed by atoms with E-state index in [0.29, 0.717) is 12.5 Å². The van der Waals surface area contributed by atoms with Crippen LogP contribution in [0.3, 0.4) is 0 Å². The van der Waals surface area contributed by atoms with Gasteiger partial charge in [-0.15, -0.1) is 0 Å². The summed E-state index contributed by atoms with van der Waals surface area (Å²) in [6.07, 6.45) is 6.66. The van der Waals surface area contributed by atoms with Gasteiger partial charge in [-0.1, -0.05) is 30.3 Å². The predicted molar refractivity (Wildman–Crippen MR) is 95.6 cm³/mol. The molecule has 0 radical (unpaired) electrons. The average molecular weight is 353 g/mol. The molecule has 134 valence electrons. The van der Waals surface area contributed by atoms with Crippen molar-refractivity contribution in [3.8, 4) is 0 Å². The molecule has 4 atom stereocenters. The molecule has 1 saturated carbocycles. The number of hydrogen-bond acceptors (Lipinski definition) is 4. The van der Waals surface area contributed by atoms with Gasteiger partial charge in [-0.2, -0.15) is 0 Å². The van der Waals surface area contributed by atoms with E-state index in [4.69, 9.17) is 4.74 Å². The minimum atomic E-state index is -3.18. The highest BCUT2D eigenvalue weighted by atomic mass is 32.2. The zero-order chi connectivity index (χ0) is 17.0. The van der Waals surface area contributed by atoms with Gasteiger partial charge in [0.15, 0.2) is 0 Å². The van der Waals surface area contributed by atoms with Crippen LogP contribution in [-0.4, -0.2) is 46.0 Å². The van der Waals surface area contributed by atoms with Gasteiger partial charge < -0.3 is 10.1 Å². The lowest BCUT2D eigenvalue weighted by Gasteiger charge is -2.33. The van der Waals surface area contributed by atoms with E-state index in [1.165, 1.54) is 11.8 Å². The molecule has 2 N–H and O–H groups in total. The number of piperidine rings is 1. The van der Waals surface area contributed by atoms with E-state index in [2.05, 4.69) is 40.4 Å². The highest BCUT2D eigenvalue weighted by Crippen LogP contribution is 2.35. The van der Waals surface area contributed by atoms with Crippen LogP contribution < -0.4 is 10.0 Å². The summed E-state index contributed by atoms with van der Waals surface area (Å²) in [6.45, 7) is 1.49. The molecule has 1 aliphatic heterocycles. The van der Waals surface area contributed by atoms with E-state index in [1.807, 2.05) is 0 Å². The van der Waals surface area contributed by atoms with Gasteiger partial charge in [-0.3, -0.25) is 0 Å². The second kappa shape index (κ2) is 7.95. The third-order valence-corrected chi connectivity index (χ3v) is 5.85. The molecule has 2 aliphatic rings. The Balaban J connectivity index is 1.50. The highest BCUT2D eigenvalue weighted by Gasteiger charge is 2.30. The van der Waals surface area contributed by atoms with Gasteiger partial charge in [0.25, 0.3) is 0 Å². The summed E-state index contributed by atoms with van der Waals surface area (Å²) in [5, 5.41) is 3.41. The summed E-state index contributed by atoms with van der Waals surface area (Å²) in [5.74, 6) is 0.584. The number of benzene rings is 1. The Labute approximate surface area is 145 Å². The number of hydrogen-bond donors (Lipinski definition) is 2. The molecule has 1 saturated heterocycles. The first-order valence-corrected chi connectivity index (χ1v) is 10.8. The zero-order valence-electron chi connectivity index (χ0n) is 14.3. The molecule has 2 fully saturated rings. The Bertz CT molecular complexity index is 620. The number of rotatable bonds is 6. The van der Waals surface area contributed by atoms with E-state index in [9.17, 15) is 8.42 Å². The smallest absolute Gasteiger partial charge is 0.209 e. The Morgan fingerprint density at radius 2 is 2.00 bits per heavy atom. The van der Waals surface area contributed by atoms with Crippen molar-refractivity contribution < 1.29 is 13.2 Å². The molecule has 1 aromatic rings. The van der Waals surface area contributed by atoms with Crippen molar-refractivity contribution in [1.82, 2.24) is 10.0 Å². The minimum Gasteiger partial charge on any atom is -0.377 e. The first-order chi connectivity index (χ1) is 11.5. The van der Waals surface area contributed by atoms with Crippen LogP contribution in [0, 0.1) is 0 Å². The predicted octanol–water partition coefficient (Wildman–Crippen LogP) is 2.01. The SMILES string of the molecule is CS(=O)(=O)NC1CCCNC1COC1CCC(c2ccccc2)C1. The first-order valence-electron chi connectivity index (χ1n) is 8.88. The molecule has 5 nitrogen and oxygen atoms in total. The van der Waals surface area contributed by atoms with Crippen molar-refractivity contribution in [3.63, 3.8) is 0 Å². The van der Waals surface area contributed by atoms with Crippen molar-refractivity contribution in [3.05, 3.63) is 35.9 Å². The molecule has 0 bridgehead atoms. The molecule has 3 rings (SSSR count). The Morgan fingerprint density at radius 1 is 1.21 bits per heavy atom. The summed E-state index contributed by atoms with van der Waals surface area (Å²) in [6, 6.07) is 10.6. The third-order valence-electron chi connectivity index (χ3n) is 5.12. The fraction of sp³-hybridized carbons (Fsp3) is 0.667. The number of sulfonamides is 1. The molecule has 1 aliphatic carbocycles. The fourth-order valence-electron chi connectivity index (χ4n) is 3.90. The summed E-state index contributed by atoms with van der Waals surface area (Å²) < 4.78 is 31.9. The normalized spacial score (nSPS) is 31.2. The third kappa shape index (κ3) is 5.02. The second-order valence-corrected chi connectivity index (χ2v) is 8.86. The van der Waals surface area contributed by atoms with Crippen molar-refractivity contribution in [1.29, 1.82) is 0 Å². The van der Waals surface area contributed by atoms with Crippen LogP contribution in [0.4, 0.5) is 0 Å². The van der Waals surface area contributed by atoms with Gasteiger partial charge in [-0.25, -0.2) is 13.1 Å². The molecule has 1 heterocycles. The van der Waals surface area contributed by atoms with Crippen molar-refractivity contribution in [2.75, 3.05) is 19.4 Å². The molecule has 1 aromatic carbocycles. The largest absolute Gasteiger partial charge is 0.377 e. The van der Waals surface area contributed by atoms with Crippen molar-refractivity contribution in [2.24, 2.45) is 0 Å². The van der Waals surface area contributed by atoms with Crippen molar-refractivity contribution in [2.45, 2.75) is 56.2 Å². The van der Waals surface area contributed by atoms with Crippen LogP contribution in [0.15, 0.2) is 30.3 Å². The van der Waals surface area contributed by atoms with Crippen LogP contribution >= 0.6 is 0 Å². The van der Waals surface area contributed by atoms with Crippen molar-refractivity contribution >= 4 is 10.0 Å². The Hall–Kier alpha value is -0.950. The maximum absolute atomic E-state index is 11.5. The molecular weight excluding hydrogens is 324 g/mol. The van der Waals surface area contributed by atoms with E-state index in [0.717, 1.165) is 38.6 Å². The number of nitrogens with one attached hydrogen (secondary N) is 2. The van der Waals surface area contributed by atoms with Gasteiger partial charge in [-0.05, 0) is 50.1 Å². The molecule has 0 spiro atoms. The quantitative estimate of drug-likeness (QED) is 0.822. The minimum absolute atomic E-state index is 0.0595. The van der Waals surface area contributed by atoms with Gasteiger partial charge in [0.2, 0.25) is 10.0 Å². The molecule has 6 heteroatoms. The molecule has 24 heavy (non-hydrogen) atoms. The topological polar surface area (TPSA) is 67.4 Å². The lowest BCUT2D eigenvalue weighted by Crippen LogP contribution is -2.55. The van der Waals surface area contributed by atoms with E-state index in [-0.39, 0.29) is 18.2 Å². The van der Waals surface area contributed by atoms with E-state index in [1.54, 1.807) is 0 Å². The molecule has 0 amide bonds. The van der Waals surface area contributed by atoms with E-state index >= 15 is 0 Å². The standard InChI is InChI=1S/C18H28N2O3S/c1-24(21,22)20-17-8-5-11-19-18(17)13-23-16-10-9-15(12-16)14-6-3-2-4-7-14/h2-4,6-7,15-20H,5,8-13H2,1H3. The van der Waals surface area contributed by atoms with Crippen LogP contribution in [0.25, 0.3) is 0 Å². The Kier molecular flexibility index (Phi) is 5.92.